The Kier molecular flexibility index (Phi) is 8.05. The predicted molar refractivity (Wildman–Crippen MR) is 60.1 cm³/mol. The SMILES string of the molecule is C=CCNCC(C)N(CC)CCC. The molecule has 78 valence electrons. The first-order valence-electron chi connectivity index (χ1n) is 5.31. The minimum absolute atomic E-state index is 0.630. The molecule has 0 radical (unpaired) electrons. The first-order valence-corrected chi connectivity index (χ1v) is 5.31. The van der Waals surface area contributed by atoms with Crippen molar-refractivity contribution in [3.63, 3.8) is 0 Å². The molecule has 0 fully saturated rings. The van der Waals surface area contributed by atoms with Crippen LogP contribution in [0.2, 0.25) is 0 Å². The molecule has 0 saturated heterocycles. The number of hydrogen-bond donors (Lipinski definition) is 1. The fraction of sp³-hybridized carbons (Fsp3) is 0.818. The Balaban J connectivity index is 3.62. The molecule has 1 N–H and O–H groups in total. The zero-order valence-corrected chi connectivity index (χ0v) is 9.34. The highest BCUT2D eigenvalue weighted by atomic mass is 15.2. The van der Waals surface area contributed by atoms with Crippen molar-refractivity contribution in [1.82, 2.24) is 10.2 Å². The molecule has 0 amide bonds. The van der Waals surface area contributed by atoms with Crippen molar-refractivity contribution in [2.75, 3.05) is 26.2 Å². The van der Waals surface area contributed by atoms with E-state index >= 15 is 0 Å². The van der Waals surface area contributed by atoms with Crippen LogP contribution in [0, 0.1) is 0 Å². The van der Waals surface area contributed by atoms with Crippen LogP contribution in [-0.4, -0.2) is 37.1 Å². The first-order chi connectivity index (χ1) is 6.26. The summed E-state index contributed by atoms with van der Waals surface area (Å²) in [6.07, 6.45) is 3.14. The van der Waals surface area contributed by atoms with E-state index in [-0.39, 0.29) is 0 Å². The summed E-state index contributed by atoms with van der Waals surface area (Å²) in [6, 6.07) is 0.630. The lowest BCUT2D eigenvalue weighted by Crippen LogP contribution is -2.40. The summed E-state index contributed by atoms with van der Waals surface area (Å²) in [4.78, 5) is 2.50. The summed E-state index contributed by atoms with van der Waals surface area (Å²) >= 11 is 0. The van der Waals surface area contributed by atoms with Crippen molar-refractivity contribution in [3.05, 3.63) is 12.7 Å². The number of likely N-dealkylation sites (N-methyl/N-ethyl adjacent to an activating group) is 1. The smallest absolute Gasteiger partial charge is 0.0192 e. The molecule has 1 atom stereocenters. The molecule has 1 unspecified atom stereocenters. The van der Waals surface area contributed by atoms with Gasteiger partial charge in [-0.25, -0.2) is 0 Å². The molecule has 0 aliphatic carbocycles. The van der Waals surface area contributed by atoms with E-state index < -0.39 is 0 Å². The molecule has 0 saturated carbocycles. The van der Waals surface area contributed by atoms with Gasteiger partial charge < -0.3 is 5.32 Å². The average molecular weight is 184 g/mol. The first kappa shape index (κ1) is 12.7. The second-order valence-electron chi connectivity index (χ2n) is 3.42. The van der Waals surface area contributed by atoms with E-state index in [9.17, 15) is 0 Å². The molecule has 0 spiro atoms. The minimum atomic E-state index is 0.630. The second-order valence-corrected chi connectivity index (χ2v) is 3.42. The van der Waals surface area contributed by atoms with E-state index in [4.69, 9.17) is 0 Å². The zero-order valence-electron chi connectivity index (χ0n) is 9.34. The van der Waals surface area contributed by atoms with Gasteiger partial charge in [0.05, 0.1) is 0 Å². The summed E-state index contributed by atoms with van der Waals surface area (Å²) < 4.78 is 0. The van der Waals surface area contributed by atoms with Crippen LogP contribution in [0.4, 0.5) is 0 Å². The van der Waals surface area contributed by atoms with Gasteiger partial charge in [0, 0.05) is 19.1 Å². The molecule has 2 nitrogen and oxygen atoms in total. The summed E-state index contributed by atoms with van der Waals surface area (Å²) in [5.74, 6) is 0. The van der Waals surface area contributed by atoms with E-state index in [1.165, 1.54) is 13.0 Å². The highest BCUT2D eigenvalue weighted by Crippen LogP contribution is 1.98. The number of rotatable bonds is 8. The van der Waals surface area contributed by atoms with Crippen LogP contribution in [0.5, 0.6) is 0 Å². The largest absolute Gasteiger partial charge is 0.312 e. The molecule has 0 rings (SSSR count). The van der Waals surface area contributed by atoms with Gasteiger partial charge in [0.25, 0.3) is 0 Å². The van der Waals surface area contributed by atoms with E-state index in [0.29, 0.717) is 6.04 Å². The summed E-state index contributed by atoms with van der Waals surface area (Å²) in [5, 5.41) is 3.35. The van der Waals surface area contributed by atoms with Gasteiger partial charge in [0.15, 0.2) is 0 Å². The van der Waals surface area contributed by atoms with Crippen LogP contribution in [0.25, 0.3) is 0 Å². The Bertz CT molecular complexity index is 123. The van der Waals surface area contributed by atoms with Crippen molar-refractivity contribution < 1.29 is 0 Å². The number of nitrogens with one attached hydrogen (secondary N) is 1. The Hall–Kier alpha value is -0.340. The summed E-state index contributed by atoms with van der Waals surface area (Å²) in [6.45, 7) is 14.7. The van der Waals surface area contributed by atoms with Gasteiger partial charge in [0.1, 0.15) is 0 Å². The molecule has 0 aliphatic rings. The predicted octanol–water partition coefficient (Wildman–Crippen LogP) is 1.88. The van der Waals surface area contributed by atoms with Crippen LogP contribution in [0.3, 0.4) is 0 Å². The van der Waals surface area contributed by atoms with E-state index in [2.05, 4.69) is 37.6 Å². The van der Waals surface area contributed by atoms with Gasteiger partial charge >= 0.3 is 0 Å². The third kappa shape index (κ3) is 5.83. The maximum absolute atomic E-state index is 3.68. The van der Waals surface area contributed by atoms with Crippen molar-refractivity contribution in [1.29, 1.82) is 0 Å². The molecule has 13 heavy (non-hydrogen) atoms. The Morgan fingerprint density at radius 1 is 1.46 bits per heavy atom. The van der Waals surface area contributed by atoms with E-state index in [1.54, 1.807) is 0 Å². The van der Waals surface area contributed by atoms with Crippen molar-refractivity contribution in [2.45, 2.75) is 33.2 Å². The highest BCUT2D eigenvalue weighted by Gasteiger charge is 2.09. The summed E-state index contributed by atoms with van der Waals surface area (Å²) in [7, 11) is 0. The lowest BCUT2D eigenvalue weighted by atomic mass is 10.2. The number of hydrogen-bond acceptors (Lipinski definition) is 2. The van der Waals surface area contributed by atoms with Crippen molar-refractivity contribution >= 4 is 0 Å². The van der Waals surface area contributed by atoms with Crippen molar-refractivity contribution in [3.8, 4) is 0 Å². The quantitative estimate of drug-likeness (QED) is 0.458. The van der Waals surface area contributed by atoms with Crippen LogP contribution < -0.4 is 5.32 Å². The standard InChI is InChI=1S/C11H24N2/c1-5-8-12-10-11(4)13(7-3)9-6-2/h5,11-12H,1,6-10H2,2-4H3. The molecule has 2 heteroatoms. The van der Waals surface area contributed by atoms with Crippen LogP contribution in [0.1, 0.15) is 27.2 Å². The third-order valence-electron chi connectivity index (χ3n) is 2.27. The normalized spacial score (nSPS) is 13.2. The van der Waals surface area contributed by atoms with Crippen LogP contribution >= 0.6 is 0 Å². The van der Waals surface area contributed by atoms with Crippen LogP contribution in [-0.2, 0) is 0 Å². The van der Waals surface area contributed by atoms with E-state index in [0.717, 1.165) is 19.6 Å². The minimum Gasteiger partial charge on any atom is -0.312 e. The lowest BCUT2D eigenvalue weighted by Gasteiger charge is -2.27. The van der Waals surface area contributed by atoms with Gasteiger partial charge in [0.2, 0.25) is 0 Å². The Morgan fingerprint density at radius 3 is 2.62 bits per heavy atom. The van der Waals surface area contributed by atoms with Crippen molar-refractivity contribution in [2.24, 2.45) is 0 Å². The Labute approximate surface area is 83.0 Å². The fourth-order valence-electron chi connectivity index (χ4n) is 1.50. The molecule has 0 aromatic rings. The topological polar surface area (TPSA) is 15.3 Å². The lowest BCUT2D eigenvalue weighted by molar-refractivity contribution is 0.216. The average Bonchev–Trinajstić information content (AvgIpc) is 2.14. The molecular weight excluding hydrogens is 160 g/mol. The molecule has 0 aromatic heterocycles. The molecular formula is C11H24N2. The van der Waals surface area contributed by atoms with E-state index in [1.807, 2.05) is 6.08 Å². The molecule has 0 bridgehead atoms. The third-order valence-corrected chi connectivity index (χ3v) is 2.27. The maximum atomic E-state index is 3.68. The van der Waals surface area contributed by atoms with Gasteiger partial charge in [-0.05, 0) is 26.4 Å². The fourth-order valence-corrected chi connectivity index (χ4v) is 1.50. The maximum Gasteiger partial charge on any atom is 0.0192 e. The highest BCUT2D eigenvalue weighted by molar-refractivity contribution is 4.73. The summed E-state index contributed by atoms with van der Waals surface area (Å²) in [5.41, 5.74) is 0. The molecule has 0 heterocycles. The Morgan fingerprint density at radius 2 is 2.15 bits per heavy atom. The number of nitrogens with zero attached hydrogens (tertiary/aromatic N) is 1. The van der Waals surface area contributed by atoms with Gasteiger partial charge in [-0.2, -0.15) is 0 Å². The second kappa shape index (κ2) is 8.27. The molecule has 0 aromatic carbocycles. The van der Waals surface area contributed by atoms with Gasteiger partial charge in [-0.15, -0.1) is 6.58 Å². The van der Waals surface area contributed by atoms with Gasteiger partial charge in [-0.3, -0.25) is 4.90 Å². The zero-order chi connectivity index (χ0) is 10.1. The van der Waals surface area contributed by atoms with Crippen LogP contribution in [0.15, 0.2) is 12.7 Å². The van der Waals surface area contributed by atoms with Gasteiger partial charge in [-0.1, -0.05) is 19.9 Å². The molecule has 0 aliphatic heterocycles. The monoisotopic (exact) mass is 184 g/mol.